The molecule has 0 unspecified atom stereocenters. The molecule has 0 aliphatic carbocycles. The highest BCUT2D eigenvalue weighted by atomic mass is 79.9. The molecular formula is C10H11BrO2. The summed E-state index contributed by atoms with van der Waals surface area (Å²) >= 11 is 2.91. The molecule has 0 saturated heterocycles. The minimum Gasteiger partial charge on any atom is -0.496 e. The summed E-state index contributed by atoms with van der Waals surface area (Å²) in [4.78, 5) is 11.1. The summed E-state index contributed by atoms with van der Waals surface area (Å²) < 4.78 is 4.95. The topological polar surface area (TPSA) is 26.3 Å². The fraction of sp³-hybridized carbons (Fsp3) is 0.300. The van der Waals surface area contributed by atoms with Crippen molar-refractivity contribution in [2.75, 3.05) is 7.11 Å². The van der Waals surface area contributed by atoms with Crippen LogP contribution in [0.4, 0.5) is 0 Å². The van der Waals surface area contributed by atoms with E-state index in [2.05, 4.69) is 15.9 Å². The fourth-order valence-electron chi connectivity index (χ4n) is 1.11. The van der Waals surface area contributed by atoms with Crippen LogP contribution in [0, 0.1) is 13.8 Å². The van der Waals surface area contributed by atoms with E-state index in [-0.39, 0.29) is 4.69 Å². The summed E-state index contributed by atoms with van der Waals surface area (Å²) in [5.41, 5.74) is 2.78. The summed E-state index contributed by atoms with van der Waals surface area (Å²) in [6, 6.07) is 3.69. The summed E-state index contributed by atoms with van der Waals surface area (Å²) in [6.45, 7) is 3.95. The van der Waals surface area contributed by atoms with Gasteiger partial charge in [-0.2, -0.15) is 0 Å². The van der Waals surface area contributed by atoms with Gasteiger partial charge < -0.3 is 4.74 Å². The first-order valence-electron chi connectivity index (χ1n) is 3.91. The average molecular weight is 243 g/mol. The van der Waals surface area contributed by atoms with Gasteiger partial charge in [-0.1, -0.05) is 0 Å². The third-order valence-corrected chi connectivity index (χ3v) is 2.45. The molecule has 0 spiro atoms. The zero-order valence-electron chi connectivity index (χ0n) is 7.85. The van der Waals surface area contributed by atoms with E-state index >= 15 is 0 Å². The van der Waals surface area contributed by atoms with Crippen molar-refractivity contribution in [3.05, 3.63) is 28.8 Å². The maximum absolute atomic E-state index is 11.1. The molecule has 0 atom stereocenters. The zero-order chi connectivity index (χ0) is 10.0. The molecule has 0 aliphatic heterocycles. The Kier molecular flexibility index (Phi) is 3.09. The molecule has 0 amide bonds. The normalized spacial score (nSPS) is 9.85. The lowest BCUT2D eigenvalue weighted by atomic mass is 10.1. The van der Waals surface area contributed by atoms with Crippen LogP contribution >= 0.6 is 15.9 Å². The predicted molar refractivity (Wildman–Crippen MR) is 55.7 cm³/mol. The quantitative estimate of drug-likeness (QED) is 0.746. The molecule has 1 aromatic rings. The summed E-state index contributed by atoms with van der Waals surface area (Å²) in [5, 5.41) is 0. The lowest BCUT2D eigenvalue weighted by molar-refractivity contribution is 0.109. The Labute approximate surface area is 86.0 Å². The Morgan fingerprint density at radius 2 is 1.85 bits per heavy atom. The third kappa shape index (κ3) is 2.10. The van der Waals surface area contributed by atoms with Crippen molar-refractivity contribution in [3.8, 4) is 5.75 Å². The van der Waals surface area contributed by atoms with E-state index < -0.39 is 0 Å². The van der Waals surface area contributed by atoms with Gasteiger partial charge in [-0.3, -0.25) is 4.79 Å². The highest BCUT2D eigenvalue weighted by molar-refractivity contribution is 9.18. The molecule has 13 heavy (non-hydrogen) atoms. The number of halogens is 1. The molecule has 1 rings (SSSR count). The number of aryl methyl sites for hydroxylation is 2. The molecular weight excluding hydrogens is 232 g/mol. The zero-order valence-corrected chi connectivity index (χ0v) is 9.44. The summed E-state index contributed by atoms with van der Waals surface area (Å²) in [7, 11) is 1.56. The Hall–Kier alpha value is -0.830. The van der Waals surface area contributed by atoms with E-state index in [0.717, 1.165) is 11.1 Å². The third-order valence-electron chi connectivity index (χ3n) is 2.03. The van der Waals surface area contributed by atoms with E-state index in [4.69, 9.17) is 4.74 Å². The molecule has 0 radical (unpaired) electrons. The van der Waals surface area contributed by atoms with E-state index in [1.807, 2.05) is 26.0 Å². The smallest absolute Gasteiger partial charge is 0.231 e. The van der Waals surface area contributed by atoms with Crippen LogP contribution in [0.25, 0.3) is 0 Å². The molecule has 3 heteroatoms. The van der Waals surface area contributed by atoms with Crippen LogP contribution in [0.2, 0.25) is 0 Å². The number of carbonyl (C=O) groups is 1. The Balaban J connectivity index is 3.33. The minimum atomic E-state index is -0.146. The number of methoxy groups -OCH3 is 1. The van der Waals surface area contributed by atoms with Gasteiger partial charge in [0.15, 0.2) is 0 Å². The van der Waals surface area contributed by atoms with Crippen LogP contribution < -0.4 is 4.74 Å². The van der Waals surface area contributed by atoms with Crippen LogP contribution in [0.15, 0.2) is 12.1 Å². The molecule has 1 aromatic carbocycles. The Morgan fingerprint density at radius 3 is 2.31 bits per heavy atom. The van der Waals surface area contributed by atoms with Gasteiger partial charge in [0.2, 0.25) is 4.69 Å². The maximum Gasteiger partial charge on any atom is 0.231 e. The first-order valence-corrected chi connectivity index (χ1v) is 4.70. The number of ether oxygens (including phenoxy) is 1. The van der Waals surface area contributed by atoms with Gasteiger partial charge in [0.25, 0.3) is 0 Å². The summed E-state index contributed by atoms with van der Waals surface area (Å²) in [6.07, 6.45) is 0. The molecule has 0 fully saturated rings. The lowest BCUT2D eigenvalue weighted by Crippen LogP contribution is -1.97. The van der Waals surface area contributed by atoms with Crippen molar-refractivity contribution in [3.63, 3.8) is 0 Å². The van der Waals surface area contributed by atoms with Crippen molar-refractivity contribution >= 4 is 20.6 Å². The van der Waals surface area contributed by atoms with Gasteiger partial charge in [-0.15, -0.1) is 0 Å². The fourth-order valence-corrected chi connectivity index (χ4v) is 1.42. The Morgan fingerprint density at radius 1 is 1.31 bits per heavy atom. The van der Waals surface area contributed by atoms with Crippen LogP contribution in [0.5, 0.6) is 5.75 Å². The number of carbonyl (C=O) groups excluding carboxylic acids is 1. The number of hydrogen-bond donors (Lipinski definition) is 0. The van der Waals surface area contributed by atoms with Gasteiger partial charge >= 0.3 is 0 Å². The standard InChI is InChI=1S/C10H11BrO2/c1-6-4-8(10(11)12)9(13-3)5-7(6)2/h4-5H,1-3H3. The van der Waals surface area contributed by atoms with Crippen molar-refractivity contribution in [2.45, 2.75) is 13.8 Å². The molecule has 0 aromatic heterocycles. The number of benzene rings is 1. The van der Waals surface area contributed by atoms with Crippen LogP contribution in [-0.2, 0) is 0 Å². The van der Waals surface area contributed by atoms with Gasteiger partial charge in [-0.05, 0) is 53.0 Å². The molecule has 0 N–H and O–H groups in total. The van der Waals surface area contributed by atoms with Crippen LogP contribution in [-0.4, -0.2) is 11.8 Å². The van der Waals surface area contributed by atoms with Gasteiger partial charge in [0.1, 0.15) is 5.75 Å². The first-order chi connectivity index (χ1) is 6.06. The Bertz CT molecular complexity index is 345. The number of hydrogen-bond acceptors (Lipinski definition) is 2. The predicted octanol–water partition coefficient (Wildman–Crippen LogP) is 2.85. The van der Waals surface area contributed by atoms with Crippen LogP contribution in [0.1, 0.15) is 21.5 Å². The molecule has 0 aliphatic rings. The molecule has 0 bridgehead atoms. The second-order valence-corrected chi connectivity index (χ2v) is 3.63. The minimum absolute atomic E-state index is 0.146. The lowest BCUT2D eigenvalue weighted by Gasteiger charge is -2.08. The average Bonchev–Trinajstić information content (AvgIpc) is 2.08. The van der Waals surface area contributed by atoms with E-state index in [0.29, 0.717) is 11.3 Å². The van der Waals surface area contributed by atoms with Crippen molar-refractivity contribution in [2.24, 2.45) is 0 Å². The van der Waals surface area contributed by atoms with Gasteiger partial charge in [0.05, 0.1) is 12.7 Å². The molecule has 0 saturated carbocycles. The SMILES string of the molecule is COc1cc(C)c(C)cc1C(=O)Br. The van der Waals surface area contributed by atoms with Crippen LogP contribution in [0.3, 0.4) is 0 Å². The largest absolute Gasteiger partial charge is 0.496 e. The van der Waals surface area contributed by atoms with Crippen molar-refractivity contribution in [1.82, 2.24) is 0 Å². The molecule has 70 valence electrons. The first kappa shape index (κ1) is 10.3. The second kappa shape index (κ2) is 3.92. The second-order valence-electron chi connectivity index (χ2n) is 2.91. The van der Waals surface area contributed by atoms with E-state index in [1.54, 1.807) is 7.11 Å². The van der Waals surface area contributed by atoms with Crippen molar-refractivity contribution in [1.29, 1.82) is 0 Å². The molecule has 2 nitrogen and oxygen atoms in total. The van der Waals surface area contributed by atoms with E-state index in [1.165, 1.54) is 0 Å². The monoisotopic (exact) mass is 242 g/mol. The summed E-state index contributed by atoms with van der Waals surface area (Å²) in [5.74, 6) is 0.616. The van der Waals surface area contributed by atoms with Gasteiger partial charge in [0, 0.05) is 0 Å². The van der Waals surface area contributed by atoms with E-state index in [9.17, 15) is 4.79 Å². The highest BCUT2D eigenvalue weighted by Gasteiger charge is 2.10. The molecule has 0 heterocycles. The highest BCUT2D eigenvalue weighted by Crippen LogP contribution is 2.24. The number of rotatable bonds is 2. The van der Waals surface area contributed by atoms with Gasteiger partial charge in [-0.25, -0.2) is 0 Å². The maximum atomic E-state index is 11.1. The van der Waals surface area contributed by atoms with Crippen molar-refractivity contribution < 1.29 is 9.53 Å².